The van der Waals surface area contributed by atoms with Crippen LogP contribution in [-0.4, -0.2) is 23.6 Å². The van der Waals surface area contributed by atoms with Crippen molar-refractivity contribution in [1.29, 1.82) is 0 Å². The molecule has 1 heterocycles. The molecule has 134 valence electrons. The van der Waals surface area contributed by atoms with Crippen molar-refractivity contribution in [2.45, 2.75) is 13.3 Å². The van der Waals surface area contributed by atoms with Crippen LogP contribution in [0.4, 0.5) is 17.5 Å². The molecule has 2 N–H and O–H groups in total. The minimum atomic E-state index is 0.541. The van der Waals surface area contributed by atoms with Gasteiger partial charge in [0.1, 0.15) is 11.6 Å². The van der Waals surface area contributed by atoms with E-state index in [9.17, 15) is 0 Å². The molecule has 0 aliphatic rings. The molecule has 0 amide bonds. The van der Waals surface area contributed by atoms with E-state index in [-0.39, 0.29) is 0 Å². The SMILES string of the molecule is CCCNc1nc(Nc2ccc(OC)c(Cl)c2)cc(-c2ccccc2)n1. The Labute approximate surface area is 158 Å². The molecule has 2 aromatic carbocycles. The van der Waals surface area contributed by atoms with E-state index in [4.69, 9.17) is 16.3 Å². The topological polar surface area (TPSA) is 59.1 Å². The number of nitrogens with one attached hydrogen (secondary N) is 2. The lowest BCUT2D eigenvalue weighted by atomic mass is 10.1. The Balaban J connectivity index is 1.93. The van der Waals surface area contributed by atoms with E-state index in [1.807, 2.05) is 54.6 Å². The van der Waals surface area contributed by atoms with Crippen molar-refractivity contribution in [1.82, 2.24) is 9.97 Å². The Morgan fingerprint density at radius 1 is 1.04 bits per heavy atom. The van der Waals surface area contributed by atoms with Crippen molar-refractivity contribution in [3.63, 3.8) is 0 Å². The maximum Gasteiger partial charge on any atom is 0.225 e. The number of methoxy groups -OCH3 is 1. The first-order chi connectivity index (χ1) is 12.7. The summed E-state index contributed by atoms with van der Waals surface area (Å²) in [6.07, 6.45) is 0.996. The average molecular weight is 369 g/mol. The molecule has 1 aromatic heterocycles. The maximum absolute atomic E-state index is 6.21. The van der Waals surface area contributed by atoms with Gasteiger partial charge >= 0.3 is 0 Å². The van der Waals surface area contributed by atoms with E-state index >= 15 is 0 Å². The summed E-state index contributed by atoms with van der Waals surface area (Å²) in [5, 5.41) is 7.08. The van der Waals surface area contributed by atoms with E-state index in [2.05, 4.69) is 27.5 Å². The molecule has 0 saturated heterocycles. The highest BCUT2D eigenvalue weighted by Gasteiger charge is 2.08. The van der Waals surface area contributed by atoms with Crippen LogP contribution >= 0.6 is 11.6 Å². The standard InChI is InChI=1S/C20H21ClN4O/c1-3-11-22-20-24-17(14-7-5-4-6-8-14)13-19(25-20)23-15-9-10-18(26-2)16(21)12-15/h4-10,12-13H,3,11H2,1-2H3,(H2,22,23,24,25). The van der Waals surface area contributed by atoms with Gasteiger partial charge in [0.2, 0.25) is 5.95 Å². The van der Waals surface area contributed by atoms with Crippen LogP contribution in [0, 0.1) is 0 Å². The van der Waals surface area contributed by atoms with Gasteiger partial charge in [0.05, 0.1) is 17.8 Å². The quantitative estimate of drug-likeness (QED) is 0.587. The molecule has 6 heteroatoms. The predicted molar refractivity (Wildman–Crippen MR) is 108 cm³/mol. The maximum atomic E-state index is 6.21. The van der Waals surface area contributed by atoms with Crippen LogP contribution in [0.25, 0.3) is 11.3 Å². The van der Waals surface area contributed by atoms with Crippen molar-refractivity contribution in [2.24, 2.45) is 0 Å². The fourth-order valence-electron chi connectivity index (χ4n) is 2.48. The van der Waals surface area contributed by atoms with Gasteiger partial charge in [0, 0.05) is 23.9 Å². The van der Waals surface area contributed by atoms with Crippen LogP contribution in [0.2, 0.25) is 5.02 Å². The molecular weight excluding hydrogens is 348 g/mol. The summed E-state index contributed by atoms with van der Waals surface area (Å²) in [6.45, 7) is 2.92. The molecular formula is C20H21ClN4O. The van der Waals surface area contributed by atoms with Gasteiger partial charge in [0.15, 0.2) is 0 Å². The van der Waals surface area contributed by atoms with Crippen LogP contribution < -0.4 is 15.4 Å². The van der Waals surface area contributed by atoms with Crippen molar-refractivity contribution in [2.75, 3.05) is 24.3 Å². The lowest BCUT2D eigenvalue weighted by Gasteiger charge is -2.12. The summed E-state index contributed by atoms with van der Waals surface area (Å²) >= 11 is 6.21. The predicted octanol–water partition coefficient (Wildman–Crippen LogP) is 5.37. The van der Waals surface area contributed by atoms with E-state index in [1.165, 1.54) is 0 Å². The Morgan fingerprint density at radius 2 is 1.85 bits per heavy atom. The molecule has 0 radical (unpaired) electrons. The molecule has 26 heavy (non-hydrogen) atoms. The van der Waals surface area contributed by atoms with Crippen molar-refractivity contribution >= 4 is 29.1 Å². The second-order valence-corrected chi connectivity index (χ2v) is 6.14. The number of aromatic nitrogens is 2. The zero-order valence-corrected chi connectivity index (χ0v) is 15.5. The fraction of sp³-hybridized carbons (Fsp3) is 0.200. The number of ether oxygens (including phenoxy) is 1. The van der Waals surface area contributed by atoms with E-state index < -0.39 is 0 Å². The Hall–Kier alpha value is -2.79. The number of hydrogen-bond acceptors (Lipinski definition) is 5. The first kappa shape index (κ1) is 18.0. The van der Waals surface area contributed by atoms with Gasteiger partial charge in [-0.1, -0.05) is 48.9 Å². The minimum absolute atomic E-state index is 0.541. The van der Waals surface area contributed by atoms with Crippen LogP contribution in [0.5, 0.6) is 5.75 Å². The minimum Gasteiger partial charge on any atom is -0.495 e. The number of nitrogens with zero attached hydrogens (tertiary/aromatic N) is 2. The molecule has 0 atom stereocenters. The van der Waals surface area contributed by atoms with E-state index in [0.717, 1.165) is 29.9 Å². The van der Waals surface area contributed by atoms with Gasteiger partial charge in [0.25, 0.3) is 0 Å². The summed E-state index contributed by atoms with van der Waals surface area (Å²) in [6, 6.07) is 17.5. The molecule has 0 saturated carbocycles. The molecule has 0 aliphatic carbocycles. The Morgan fingerprint density at radius 3 is 2.54 bits per heavy atom. The van der Waals surface area contributed by atoms with Crippen molar-refractivity contribution < 1.29 is 4.74 Å². The third-order valence-corrected chi connectivity index (χ3v) is 4.05. The van der Waals surface area contributed by atoms with Crippen LogP contribution in [0.15, 0.2) is 54.6 Å². The number of hydrogen-bond donors (Lipinski definition) is 2. The highest BCUT2D eigenvalue weighted by molar-refractivity contribution is 6.32. The number of rotatable bonds is 7. The zero-order chi connectivity index (χ0) is 18.4. The second-order valence-electron chi connectivity index (χ2n) is 5.73. The third-order valence-electron chi connectivity index (χ3n) is 3.75. The zero-order valence-electron chi connectivity index (χ0n) is 14.8. The molecule has 0 unspecified atom stereocenters. The average Bonchev–Trinajstić information content (AvgIpc) is 2.67. The molecule has 5 nitrogen and oxygen atoms in total. The Bertz CT molecular complexity index is 871. The lowest BCUT2D eigenvalue weighted by molar-refractivity contribution is 0.415. The third kappa shape index (κ3) is 4.43. The summed E-state index contributed by atoms with van der Waals surface area (Å²) in [4.78, 5) is 9.18. The lowest BCUT2D eigenvalue weighted by Crippen LogP contribution is -2.07. The summed E-state index contributed by atoms with van der Waals surface area (Å²) in [7, 11) is 1.59. The molecule has 0 bridgehead atoms. The summed E-state index contributed by atoms with van der Waals surface area (Å²) in [5.41, 5.74) is 2.71. The molecule has 3 aromatic rings. The van der Waals surface area contributed by atoms with Crippen LogP contribution in [0.1, 0.15) is 13.3 Å². The van der Waals surface area contributed by atoms with Gasteiger partial charge in [-0.25, -0.2) is 4.98 Å². The molecule has 0 aliphatic heterocycles. The van der Waals surface area contributed by atoms with Crippen molar-refractivity contribution in [3.05, 3.63) is 59.6 Å². The first-order valence-electron chi connectivity index (χ1n) is 8.48. The van der Waals surface area contributed by atoms with E-state index in [0.29, 0.717) is 22.5 Å². The van der Waals surface area contributed by atoms with Gasteiger partial charge < -0.3 is 15.4 Å². The largest absolute Gasteiger partial charge is 0.495 e. The number of halogens is 1. The summed E-state index contributed by atoms with van der Waals surface area (Å²) in [5.74, 6) is 1.92. The molecule has 0 fully saturated rings. The van der Waals surface area contributed by atoms with Gasteiger partial charge in [-0.05, 0) is 24.6 Å². The highest BCUT2D eigenvalue weighted by atomic mass is 35.5. The van der Waals surface area contributed by atoms with Crippen LogP contribution in [0.3, 0.4) is 0 Å². The number of benzene rings is 2. The van der Waals surface area contributed by atoms with Gasteiger partial charge in [-0.15, -0.1) is 0 Å². The Kier molecular flexibility index (Phi) is 5.92. The normalized spacial score (nSPS) is 10.4. The molecule has 0 spiro atoms. The highest BCUT2D eigenvalue weighted by Crippen LogP contribution is 2.29. The smallest absolute Gasteiger partial charge is 0.225 e. The second kappa shape index (κ2) is 8.54. The van der Waals surface area contributed by atoms with Gasteiger partial charge in [-0.3, -0.25) is 0 Å². The monoisotopic (exact) mass is 368 g/mol. The number of anilines is 3. The van der Waals surface area contributed by atoms with E-state index in [1.54, 1.807) is 7.11 Å². The van der Waals surface area contributed by atoms with Gasteiger partial charge in [-0.2, -0.15) is 4.98 Å². The summed E-state index contributed by atoms with van der Waals surface area (Å²) < 4.78 is 5.20. The fourth-order valence-corrected chi connectivity index (χ4v) is 2.73. The van der Waals surface area contributed by atoms with Crippen LogP contribution in [-0.2, 0) is 0 Å². The first-order valence-corrected chi connectivity index (χ1v) is 8.86. The molecule has 3 rings (SSSR count). The van der Waals surface area contributed by atoms with Crippen molar-refractivity contribution in [3.8, 4) is 17.0 Å².